The Kier molecular flexibility index (Phi) is 5.56. The van der Waals surface area contributed by atoms with Crippen molar-refractivity contribution in [2.24, 2.45) is 0 Å². The minimum atomic E-state index is -0.212. The molecule has 124 valence electrons. The first-order chi connectivity index (χ1) is 11.6. The van der Waals surface area contributed by atoms with Crippen molar-refractivity contribution in [3.05, 3.63) is 81.8 Å². The molecule has 5 heteroatoms. The highest BCUT2D eigenvalue weighted by atomic mass is 35.5. The molecule has 0 spiro atoms. The van der Waals surface area contributed by atoms with Crippen LogP contribution in [0.5, 0.6) is 0 Å². The quantitative estimate of drug-likeness (QED) is 0.566. The average molecular weight is 364 g/mol. The Morgan fingerprint density at radius 2 is 1.75 bits per heavy atom. The molecule has 1 N–H and O–H groups in total. The number of furan rings is 1. The van der Waals surface area contributed by atoms with Gasteiger partial charge in [0.25, 0.3) is 0 Å². The van der Waals surface area contributed by atoms with E-state index in [1.807, 2.05) is 18.2 Å². The summed E-state index contributed by atoms with van der Waals surface area (Å²) in [6.07, 6.45) is 0.830. The van der Waals surface area contributed by atoms with Crippen molar-refractivity contribution in [1.29, 1.82) is 0 Å². The monoisotopic (exact) mass is 363 g/mol. The van der Waals surface area contributed by atoms with Gasteiger partial charge in [0.15, 0.2) is 0 Å². The second kappa shape index (κ2) is 7.84. The molecule has 0 radical (unpaired) electrons. The van der Waals surface area contributed by atoms with E-state index in [4.69, 9.17) is 27.6 Å². The third-order valence-electron chi connectivity index (χ3n) is 3.66. The Labute approximate surface area is 150 Å². The van der Waals surface area contributed by atoms with Gasteiger partial charge in [0, 0.05) is 10.6 Å². The molecule has 0 unspecified atom stereocenters. The molecular formula is C19H16Cl2FNO. The summed E-state index contributed by atoms with van der Waals surface area (Å²) >= 11 is 12.1. The van der Waals surface area contributed by atoms with Gasteiger partial charge in [-0.2, -0.15) is 0 Å². The lowest BCUT2D eigenvalue weighted by Crippen LogP contribution is -2.16. The van der Waals surface area contributed by atoms with Gasteiger partial charge in [-0.15, -0.1) is 0 Å². The van der Waals surface area contributed by atoms with Crippen molar-refractivity contribution in [1.82, 2.24) is 5.32 Å². The summed E-state index contributed by atoms with van der Waals surface area (Å²) < 4.78 is 18.7. The largest absolute Gasteiger partial charge is 0.460 e. The zero-order chi connectivity index (χ0) is 16.9. The van der Waals surface area contributed by atoms with Crippen molar-refractivity contribution in [3.8, 4) is 11.3 Å². The predicted octanol–water partition coefficient (Wildman–Crippen LogP) is 5.72. The Hall–Kier alpha value is -1.81. The van der Waals surface area contributed by atoms with E-state index >= 15 is 0 Å². The van der Waals surface area contributed by atoms with Crippen molar-refractivity contribution >= 4 is 23.2 Å². The summed E-state index contributed by atoms with van der Waals surface area (Å²) in [7, 11) is 0. The van der Waals surface area contributed by atoms with Crippen LogP contribution in [0.4, 0.5) is 4.39 Å². The van der Waals surface area contributed by atoms with E-state index in [1.165, 1.54) is 12.1 Å². The fourth-order valence-corrected chi connectivity index (χ4v) is 2.90. The average Bonchev–Trinajstić information content (AvgIpc) is 3.02. The number of nitrogens with one attached hydrogen (secondary N) is 1. The molecule has 0 saturated carbocycles. The molecular weight excluding hydrogens is 348 g/mol. The Morgan fingerprint density at radius 1 is 0.958 bits per heavy atom. The normalized spacial score (nSPS) is 11.0. The Balaban J connectivity index is 1.53. The highest BCUT2D eigenvalue weighted by Gasteiger charge is 2.09. The molecule has 1 aromatic heterocycles. The second-order valence-corrected chi connectivity index (χ2v) is 6.29. The van der Waals surface area contributed by atoms with Crippen LogP contribution >= 0.6 is 23.2 Å². The molecule has 2 aromatic carbocycles. The number of hydrogen-bond acceptors (Lipinski definition) is 2. The molecule has 0 aliphatic heterocycles. The molecule has 1 heterocycles. The molecule has 0 atom stereocenters. The summed E-state index contributed by atoms with van der Waals surface area (Å²) in [5, 5.41) is 4.47. The van der Waals surface area contributed by atoms with E-state index < -0.39 is 0 Å². The zero-order valence-electron chi connectivity index (χ0n) is 12.9. The van der Waals surface area contributed by atoms with Crippen LogP contribution in [-0.2, 0) is 13.0 Å². The molecule has 0 bridgehead atoms. The minimum Gasteiger partial charge on any atom is -0.460 e. The Bertz CT molecular complexity index is 814. The van der Waals surface area contributed by atoms with E-state index in [9.17, 15) is 4.39 Å². The van der Waals surface area contributed by atoms with Crippen LogP contribution in [0.2, 0.25) is 10.0 Å². The zero-order valence-corrected chi connectivity index (χ0v) is 14.4. The SMILES string of the molecule is Fc1ccc(CCNCc2ccc(-c3ccc(Cl)cc3Cl)o2)cc1. The highest BCUT2D eigenvalue weighted by molar-refractivity contribution is 6.36. The molecule has 24 heavy (non-hydrogen) atoms. The number of rotatable bonds is 6. The van der Waals surface area contributed by atoms with E-state index in [1.54, 1.807) is 24.3 Å². The lowest BCUT2D eigenvalue weighted by Gasteiger charge is -2.04. The maximum atomic E-state index is 12.8. The van der Waals surface area contributed by atoms with Crippen LogP contribution in [0.25, 0.3) is 11.3 Å². The fraction of sp³-hybridized carbons (Fsp3) is 0.158. The number of benzene rings is 2. The molecule has 0 saturated heterocycles. The molecule has 3 aromatic rings. The lowest BCUT2D eigenvalue weighted by molar-refractivity contribution is 0.495. The van der Waals surface area contributed by atoms with Crippen LogP contribution in [0.3, 0.4) is 0 Å². The van der Waals surface area contributed by atoms with Crippen molar-refractivity contribution in [2.75, 3.05) is 6.54 Å². The van der Waals surface area contributed by atoms with Crippen LogP contribution in [0.15, 0.2) is 59.0 Å². The number of halogens is 3. The first-order valence-electron chi connectivity index (χ1n) is 7.61. The first-order valence-corrected chi connectivity index (χ1v) is 8.37. The van der Waals surface area contributed by atoms with Gasteiger partial charge >= 0.3 is 0 Å². The molecule has 0 aliphatic carbocycles. The van der Waals surface area contributed by atoms with Crippen molar-refractivity contribution < 1.29 is 8.81 Å². The summed E-state index contributed by atoms with van der Waals surface area (Å²) in [5.74, 6) is 1.33. The molecule has 0 amide bonds. The van der Waals surface area contributed by atoms with Crippen LogP contribution in [0.1, 0.15) is 11.3 Å². The first kappa shape index (κ1) is 17.0. The highest BCUT2D eigenvalue weighted by Crippen LogP contribution is 2.31. The van der Waals surface area contributed by atoms with Gasteiger partial charge in [-0.05, 0) is 61.0 Å². The number of hydrogen-bond donors (Lipinski definition) is 1. The van der Waals surface area contributed by atoms with Crippen LogP contribution < -0.4 is 5.32 Å². The minimum absolute atomic E-state index is 0.212. The standard InChI is InChI=1S/C19H16Cl2FNO/c20-14-3-7-17(18(21)11-14)19-8-6-16(24-19)12-23-10-9-13-1-4-15(22)5-2-13/h1-8,11,23H,9-10,12H2. The third-order valence-corrected chi connectivity index (χ3v) is 4.21. The van der Waals surface area contributed by atoms with Crippen molar-refractivity contribution in [2.45, 2.75) is 13.0 Å². The summed E-state index contributed by atoms with van der Waals surface area (Å²) in [6, 6.07) is 15.7. The summed E-state index contributed by atoms with van der Waals surface area (Å²) in [6.45, 7) is 1.40. The smallest absolute Gasteiger partial charge is 0.135 e. The van der Waals surface area contributed by atoms with E-state index in [0.717, 1.165) is 29.9 Å². The van der Waals surface area contributed by atoms with E-state index in [2.05, 4.69) is 5.32 Å². The fourth-order valence-electron chi connectivity index (χ4n) is 2.40. The van der Waals surface area contributed by atoms with E-state index in [0.29, 0.717) is 22.4 Å². The predicted molar refractivity (Wildman–Crippen MR) is 96.0 cm³/mol. The van der Waals surface area contributed by atoms with Gasteiger partial charge in [-0.25, -0.2) is 4.39 Å². The van der Waals surface area contributed by atoms with Crippen LogP contribution in [-0.4, -0.2) is 6.54 Å². The maximum absolute atomic E-state index is 12.8. The second-order valence-electron chi connectivity index (χ2n) is 5.44. The molecule has 0 fully saturated rings. The van der Waals surface area contributed by atoms with E-state index in [-0.39, 0.29) is 5.82 Å². The van der Waals surface area contributed by atoms with Gasteiger partial charge in [0.05, 0.1) is 11.6 Å². The molecule has 3 rings (SSSR count). The van der Waals surface area contributed by atoms with Crippen molar-refractivity contribution in [3.63, 3.8) is 0 Å². The van der Waals surface area contributed by atoms with Gasteiger partial charge in [0.1, 0.15) is 17.3 Å². The van der Waals surface area contributed by atoms with Crippen LogP contribution in [0, 0.1) is 5.82 Å². The van der Waals surface area contributed by atoms with Gasteiger partial charge in [0.2, 0.25) is 0 Å². The maximum Gasteiger partial charge on any atom is 0.135 e. The third kappa shape index (κ3) is 4.38. The summed E-state index contributed by atoms with van der Waals surface area (Å²) in [4.78, 5) is 0. The molecule has 0 aliphatic rings. The topological polar surface area (TPSA) is 25.2 Å². The summed E-state index contributed by atoms with van der Waals surface area (Å²) in [5.41, 5.74) is 1.91. The van der Waals surface area contributed by atoms with Gasteiger partial charge < -0.3 is 9.73 Å². The Morgan fingerprint density at radius 3 is 2.50 bits per heavy atom. The molecule has 2 nitrogen and oxygen atoms in total. The van der Waals surface area contributed by atoms with Gasteiger partial charge in [-0.1, -0.05) is 35.3 Å². The lowest BCUT2D eigenvalue weighted by atomic mass is 10.1. The van der Waals surface area contributed by atoms with Gasteiger partial charge in [-0.3, -0.25) is 0 Å².